The molecule has 3 atom stereocenters. The molecule has 1 aliphatic rings. The molecule has 1 aliphatic heterocycles. The van der Waals surface area contributed by atoms with Crippen LogP contribution in [-0.4, -0.2) is 40.9 Å². The van der Waals surface area contributed by atoms with Gasteiger partial charge in [-0.3, -0.25) is 4.79 Å². The molecule has 28 heavy (non-hydrogen) atoms. The molecule has 0 spiro atoms. The van der Waals surface area contributed by atoms with Gasteiger partial charge in [-0.1, -0.05) is 35.9 Å². The van der Waals surface area contributed by atoms with Crippen LogP contribution in [0, 0.1) is 0 Å². The van der Waals surface area contributed by atoms with E-state index in [-0.39, 0.29) is 12.5 Å². The van der Waals surface area contributed by atoms with E-state index in [9.17, 15) is 15.0 Å². The van der Waals surface area contributed by atoms with Gasteiger partial charge in [-0.2, -0.15) is 0 Å². The first-order valence-electron chi connectivity index (χ1n) is 9.39. The van der Waals surface area contributed by atoms with Gasteiger partial charge in [0.15, 0.2) is 5.78 Å². The second kappa shape index (κ2) is 9.05. The highest BCUT2D eigenvalue weighted by molar-refractivity contribution is 6.31. The van der Waals surface area contributed by atoms with E-state index in [0.717, 1.165) is 22.4 Å². The van der Waals surface area contributed by atoms with E-state index in [4.69, 9.17) is 21.1 Å². The monoisotopic (exact) mass is 404 g/mol. The van der Waals surface area contributed by atoms with E-state index in [1.807, 2.05) is 50.2 Å². The quantitative estimate of drug-likeness (QED) is 0.771. The Kier molecular flexibility index (Phi) is 6.73. The van der Waals surface area contributed by atoms with Crippen LogP contribution < -0.4 is 4.74 Å². The molecule has 1 saturated heterocycles. The van der Waals surface area contributed by atoms with Crippen molar-refractivity contribution in [1.82, 2.24) is 0 Å². The molecule has 0 aliphatic carbocycles. The summed E-state index contributed by atoms with van der Waals surface area (Å²) < 4.78 is 11.3. The van der Waals surface area contributed by atoms with Gasteiger partial charge in [0.05, 0.1) is 18.8 Å². The molecule has 0 aromatic heterocycles. The summed E-state index contributed by atoms with van der Waals surface area (Å²) in [5.41, 5.74) is 2.83. The number of hydrogen-bond acceptors (Lipinski definition) is 5. The summed E-state index contributed by atoms with van der Waals surface area (Å²) in [4.78, 5) is 11.8. The standard InChI is InChI=1S/C22H25ClO5/c1-13(2)27-17-6-3-14(4-7-17)9-16-10-15(5-8-18(16)23)20-11-19(25)22(26)21(12-24)28-20/h3-8,10,13,19-21,24-25H,9,11-12H2,1-2H3/t19?,20-,21-/m1/s1. The molecule has 1 fully saturated rings. The Hall–Kier alpha value is -1.92. The molecular weight excluding hydrogens is 380 g/mol. The third-order valence-corrected chi connectivity index (χ3v) is 5.08. The van der Waals surface area contributed by atoms with Crippen molar-refractivity contribution < 1.29 is 24.5 Å². The third kappa shape index (κ3) is 4.92. The molecule has 2 aromatic rings. The molecule has 0 saturated carbocycles. The second-order valence-electron chi connectivity index (χ2n) is 7.29. The number of ether oxygens (including phenoxy) is 2. The van der Waals surface area contributed by atoms with E-state index >= 15 is 0 Å². The molecule has 0 bridgehead atoms. The van der Waals surface area contributed by atoms with Crippen LogP contribution in [0.1, 0.15) is 43.1 Å². The van der Waals surface area contributed by atoms with Crippen molar-refractivity contribution in [3.8, 4) is 5.75 Å². The highest BCUT2D eigenvalue weighted by atomic mass is 35.5. The molecule has 1 unspecified atom stereocenters. The summed E-state index contributed by atoms with van der Waals surface area (Å²) in [6.45, 7) is 3.52. The maximum atomic E-state index is 11.8. The first kappa shape index (κ1) is 20.8. The number of aliphatic hydroxyl groups is 2. The van der Waals surface area contributed by atoms with Crippen molar-refractivity contribution in [2.45, 2.75) is 51.1 Å². The van der Waals surface area contributed by atoms with E-state index in [2.05, 4.69) is 0 Å². The largest absolute Gasteiger partial charge is 0.491 e. The Labute approximate surface area is 169 Å². The van der Waals surface area contributed by atoms with Crippen molar-refractivity contribution in [3.63, 3.8) is 0 Å². The van der Waals surface area contributed by atoms with Crippen molar-refractivity contribution in [2.75, 3.05) is 6.61 Å². The lowest BCUT2D eigenvalue weighted by Gasteiger charge is -2.31. The topological polar surface area (TPSA) is 76.0 Å². The summed E-state index contributed by atoms with van der Waals surface area (Å²) in [6.07, 6.45) is -1.69. The maximum absolute atomic E-state index is 11.8. The van der Waals surface area contributed by atoms with E-state index in [1.165, 1.54) is 0 Å². The van der Waals surface area contributed by atoms with Crippen molar-refractivity contribution in [3.05, 3.63) is 64.2 Å². The summed E-state index contributed by atoms with van der Waals surface area (Å²) in [7, 11) is 0. The van der Waals surface area contributed by atoms with Gasteiger partial charge in [0.2, 0.25) is 0 Å². The fourth-order valence-corrected chi connectivity index (χ4v) is 3.49. The number of hydrogen-bond donors (Lipinski definition) is 2. The van der Waals surface area contributed by atoms with E-state index in [1.54, 1.807) is 6.07 Å². The number of carbonyl (C=O) groups excluding carboxylic acids is 1. The van der Waals surface area contributed by atoms with Crippen molar-refractivity contribution in [1.29, 1.82) is 0 Å². The molecule has 0 amide bonds. The van der Waals surface area contributed by atoms with Gasteiger partial charge in [-0.15, -0.1) is 0 Å². The fraction of sp³-hybridized carbons (Fsp3) is 0.409. The molecule has 3 rings (SSSR count). The number of aliphatic hydroxyl groups excluding tert-OH is 2. The zero-order valence-electron chi connectivity index (χ0n) is 16.0. The lowest BCUT2D eigenvalue weighted by Crippen LogP contribution is -2.43. The van der Waals surface area contributed by atoms with E-state index < -0.39 is 30.7 Å². The highest BCUT2D eigenvalue weighted by Gasteiger charge is 2.36. The zero-order valence-corrected chi connectivity index (χ0v) is 16.7. The van der Waals surface area contributed by atoms with E-state index in [0.29, 0.717) is 11.4 Å². The van der Waals surface area contributed by atoms with Crippen LogP contribution in [0.25, 0.3) is 0 Å². The number of halogens is 1. The minimum absolute atomic E-state index is 0.123. The Bertz CT molecular complexity index is 818. The Morgan fingerprint density at radius 2 is 1.93 bits per heavy atom. The molecule has 2 aromatic carbocycles. The molecule has 2 N–H and O–H groups in total. The van der Waals surface area contributed by atoms with Gasteiger partial charge in [0.1, 0.15) is 18.0 Å². The summed E-state index contributed by atoms with van der Waals surface area (Å²) >= 11 is 6.38. The lowest BCUT2D eigenvalue weighted by molar-refractivity contribution is -0.161. The smallest absolute Gasteiger partial charge is 0.192 e. The maximum Gasteiger partial charge on any atom is 0.192 e. The molecular formula is C22H25ClO5. The van der Waals surface area contributed by atoms with Crippen LogP contribution in [0.3, 0.4) is 0 Å². The zero-order chi connectivity index (χ0) is 20.3. The van der Waals surface area contributed by atoms with Crippen molar-refractivity contribution in [2.24, 2.45) is 0 Å². The Balaban J connectivity index is 1.77. The fourth-order valence-electron chi connectivity index (χ4n) is 3.31. The molecule has 0 radical (unpaired) electrons. The average molecular weight is 405 g/mol. The van der Waals surface area contributed by atoms with Gasteiger partial charge < -0.3 is 19.7 Å². The second-order valence-corrected chi connectivity index (χ2v) is 7.70. The Morgan fingerprint density at radius 3 is 2.57 bits per heavy atom. The van der Waals surface area contributed by atoms with Crippen LogP contribution in [0.15, 0.2) is 42.5 Å². The van der Waals surface area contributed by atoms with Gasteiger partial charge in [-0.05, 0) is 55.2 Å². The first-order valence-corrected chi connectivity index (χ1v) is 9.77. The summed E-state index contributed by atoms with van der Waals surface area (Å²) in [5.74, 6) is 0.347. The molecule has 1 heterocycles. The van der Waals surface area contributed by atoms with Gasteiger partial charge in [0, 0.05) is 11.4 Å². The minimum atomic E-state index is -1.14. The third-order valence-electron chi connectivity index (χ3n) is 4.71. The van der Waals surface area contributed by atoms with Crippen LogP contribution in [0.5, 0.6) is 5.75 Å². The number of ketones is 1. The summed E-state index contributed by atoms with van der Waals surface area (Å²) in [5, 5.41) is 19.9. The first-order chi connectivity index (χ1) is 13.4. The molecule has 5 nitrogen and oxygen atoms in total. The van der Waals surface area contributed by atoms with Crippen LogP contribution in [-0.2, 0) is 16.0 Å². The molecule has 6 heteroatoms. The van der Waals surface area contributed by atoms with Gasteiger partial charge in [-0.25, -0.2) is 0 Å². The number of carbonyl (C=O) groups is 1. The Morgan fingerprint density at radius 1 is 1.21 bits per heavy atom. The SMILES string of the molecule is CC(C)Oc1ccc(Cc2cc([C@H]3CC(O)C(=O)[C@@H](CO)O3)ccc2Cl)cc1. The predicted octanol–water partition coefficient (Wildman–Crippen LogP) is 3.47. The van der Waals surface area contributed by atoms with Crippen molar-refractivity contribution >= 4 is 17.4 Å². The number of Topliss-reactive ketones (excluding diaryl/α,β-unsaturated/α-hetero) is 1. The normalized spacial score (nSPS) is 22.5. The lowest BCUT2D eigenvalue weighted by atomic mass is 9.93. The average Bonchev–Trinajstić information content (AvgIpc) is 2.66. The predicted molar refractivity (Wildman–Crippen MR) is 107 cm³/mol. The minimum Gasteiger partial charge on any atom is -0.491 e. The van der Waals surface area contributed by atoms with Crippen LogP contribution >= 0.6 is 11.6 Å². The number of benzene rings is 2. The molecule has 150 valence electrons. The number of rotatable bonds is 6. The summed E-state index contributed by atoms with van der Waals surface area (Å²) in [6, 6.07) is 13.4. The van der Waals surface area contributed by atoms with Gasteiger partial charge in [0.25, 0.3) is 0 Å². The highest BCUT2D eigenvalue weighted by Crippen LogP contribution is 2.32. The van der Waals surface area contributed by atoms with Crippen LogP contribution in [0.2, 0.25) is 5.02 Å². The van der Waals surface area contributed by atoms with Crippen LogP contribution in [0.4, 0.5) is 0 Å². The van der Waals surface area contributed by atoms with Gasteiger partial charge >= 0.3 is 0 Å².